The highest BCUT2D eigenvalue weighted by atomic mass is 32.2. The molecule has 0 aliphatic rings. The largest absolute Gasteiger partial charge is 0.327 e. The zero-order valence-corrected chi connectivity index (χ0v) is 8.79. The summed E-state index contributed by atoms with van der Waals surface area (Å²) >= 11 is 1.75. The number of nitrogens with two attached hydrogens (primary N) is 1. The first-order valence-corrected chi connectivity index (χ1v) is 5.44. The molecule has 1 unspecified atom stereocenters. The van der Waals surface area contributed by atoms with E-state index in [0.29, 0.717) is 0 Å². The van der Waals surface area contributed by atoms with Crippen molar-refractivity contribution in [1.29, 1.82) is 0 Å². The van der Waals surface area contributed by atoms with Crippen molar-refractivity contribution in [2.75, 3.05) is 5.75 Å². The molecule has 0 aromatic carbocycles. The van der Waals surface area contributed by atoms with Gasteiger partial charge in [0.25, 0.3) is 0 Å². The Bertz CT molecular complexity index is 249. The second-order valence-electron chi connectivity index (χ2n) is 2.88. The van der Waals surface area contributed by atoms with Gasteiger partial charge in [-0.15, -0.1) is 10.2 Å². The van der Waals surface area contributed by atoms with Crippen molar-refractivity contribution >= 4 is 11.8 Å². The Kier molecular flexibility index (Phi) is 4.17. The Hall–Kier alpha value is -0.620. The van der Waals surface area contributed by atoms with E-state index in [2.05, 4.69) is 22.3 Å². The van der Waals surface area contributed by atoms with Crippen molar-refractivity contribution in [1.82, 2.24) is 20.2 Å². The van der Waals surface area contributed by atoms with Crippen LogP contribution in [0.2, 0.25) is 0 Å². The zero-order chi connectivity index (χ0) is 9.68. The second kappa shape index (κ2) is 5.18. The molecule has 5 nitrogen and oxygen atoms in total. The molecule has 0 aliphatic heterocycles. The lowest BCUT2D eigenvalue weighted by Gasteiger charge is -2.05. The molecule has 1 heterocycles. The van der Waals surface area contributed by atoms with Crippen molar-refractivity contribution in [2.45, 2.75) is 25.1 Å². The number of hydrogen-bond acceptors (Lipinski definition) is 5. The molecular formula is C7H15N5S. The highest BCUT2D eigenvalue weighted by Crippen LogP contribution is 2.08. The van der Waals surface area contributed by atoms with Crippen molar-refractivity contribution < 1.29 is 0 Å². The summed E-state index contributed by atoms with van der Waals surface area (Å²) in [5.41, 5.74) is 5.76. The van der Waals surface area contributed by atoms with Gasteiger partial charge in [-0.2, -0.15) is 16.6 Å². The van der Waals surface area contributed by atoms with Gasteiger partial charge in [0.05, 0.1) is 12.8 Å². The van der Waals surface area contributed by atoms with Crippen molar-refractivity contribution in [3.63, 3.8) is 0 Å². The molecule has 0 spiro atoms. The van der Waals surface area contributed by atoms with Crippen LogP contribution in [0.5, 0.6) is 0 Å². The average Bonchev–Trinajstić information content (AvgIpc) is 2.51. The van der Waals surface area contributed by atoms with Crippen LogP contribution < -0.4 is 5.73 Å². The molecule has 0 fully saturated rings. The monoisotopic (exact) mass is 201 g/mol. The number of tetrazole rings is 1. The van der Waals surface area contributed by atoms with E-state index in [0.717, 1.165) is 23.8 Å². The smallest absolute Gasteiger partial charge is 0.184 e. The number of thioether (sulfide) groups is 1. The van der Waals surface area contributed by atoms with E-state index in [1.165, 1.54) is 4.80 Å². The van der Waals surface area contributed by atoms with E-state index < -0.39 is 0 Å². The minimum Gasteiger partial charge on any atom is -0.327 e. The first-order chi connectivity index (χ1) is 6.22. The van der Waals surface area contributed by atoms with Gasteiger partial charge >= 0.3 is 0 Å². The number of hydrogen-bond donors (Lipinski definition) is 1. The zero-order valence-electron chi connectivity index (χ0n) is 7.97. The summed E-state index contributed by atoms with van der Waals surface area (Å²) in [5.74, 6) is 2.52. The molecule has 13 heavy (non-hydrogen) atoms. The SMILES string of the molecule is CCC(N)CSCc1nnn(C)n1. The molecule has 0 saturated heterocycles. The van der Waals surface area contributed by atoms with Gasteiger partial charge in [0.15, 0.2) is 5.82 Å². The predicted octanol–water partition coefficient (Wildman–Crippen LogP) is 0.181. The van der Waals surface area contributed by atoms with E-state index in [9.17, 15) is 0 Å². The normalized spacial score (nSPS) is 13.2. The van der Waals surface area contributed by atoms with Crippen LogP contribution in [0.15, 0.2) is 0 Å². The Morgan fingerprint density at radius 2 is 2.38 bits per heavy atom. The molecule has 1 rings (SSSR count). The van der Waals surface area contributed by atoms with Crippen molar-refractivity contribution in [3.05, 3.63) is 5.82 Å². The van der Waals surface area contributed by atoms with Crippen LogP contribution in [-0.4, -0.2) is 32.0 Å². The molecule has 6 heteroatoms. The molecule has 0 radical (unpaired) electrons. The Labute approximate surface area is 82.1 Å². The molecule has 0 amide bonds. The van der Waals surface area contributed by atoms with Crippen LogP contribution in [0.3, 0.4) is 0 Å². The van der Waals surface area contributed by atoms with Gasteiger partial charge in [0.1, 0.15) is 0 Å². The topological polar surface area (TPSA) is 69.6 Å². The van der Waals surface area contributed by atoms with Gasteiger partial charge in [-0.25, -0.2) is 0 Å². The fourth-order valence-electron chi connectivity index (χ4n) is 0.801. The van der Waals surface area contributed by atoms with Gasteiger partial charge in [0.2, 0.25) is 0 Å². The van der Waals surface area contributed by atoms with E-state index in [-0.39, 0.29) is 6.04 Å². The fraction of sp³-hybridized carbons (Fsp3) is 0.857. The van der Waals surface area contributed by atoms with E-state index in [1.54, 1.807) is 18.8 Å². The molecule has 0 saturated carbocycles. The van der Waals surface area contributed by atoms with Crippen LogP contribution in [0, 0.1) is 0 Å². The van der Waals surface area contributed by atoms with E-state index in [1.807, 2.05) is 0 Å². The molecule has 1 aromatic heterocycles. The second-order valence-corrected chi connectivity index (χ2v) is 3.91. The summed E-state index contributed by atoms with van der Waals surface area (Å²) in [6, 6.07) is 0.279. The maximum Gasteiger partial charge on any atom is 0.184 e. The predicted molar refractivity (Wildman–Crippen MR) is 53.2 cm³/mol. The maximum absolute atomic E-state index is 5.76. The van der Waals surface area contributed by atoms with Gasteiger partial charge in [-0.1, -0.05) is 6.92 Å². The Morgan fingerprint density at radius 1 is 1.62 bits per heavy atom. The lowest BCUT2D eigenvalue weighted by atomic mass is 10.3. The van der Waals surface area contributed by atoms with Crippen LogP contribution in [-0.2, 0) is 12.8 Å². The molecular weight excluding hydrogens is 186 g/mol. The molecule has 1 atom stereocenters. The third-order valence-corrected chi connectivity index (χ3v) is 2.76. The highest BCUT2D eigenvalue weighted by Gasteiger charge is 2.02. The third kappa shape index (κ3) is 3.73. The van der Waals surface area contributed by atoms with Gasteiger partial charge in [-0.05, 0) is 11.6 Å². The minimum absolute atomic E-state index is 0.279. The van der Waals surface area contributed by atoms with Crippen molar-refractivity contribution in [2.24, 2.45) is 12.8 Å². The summed E-state index contributed by atoms with van der Waals surface area (Å²) in [6.07, 6.45) is 1.01. The van der Waals surface area contributed by atoms with Crippen LogP contribution >= 0.6 is 11.8 Å². The summed E-state index contributed by atoms with van der Waals surface area (Å²) in [6.45, 7) is 2.09. The van der Waals surface area contributed by atoms with Crippen LogP contribution in [0.25, 0.3) is 0 Å². The number of aromatic nitrogens is 4. The van der Waals surface area contributed by atoms with Gasteiger partial charge in [0, 0.05) is 11.8 Å². The molecule has 74 valence electrons. The van der Waals surface area contributed by atoms with Crippen molar-refractivity contribution in [3.8, 4) is 0 Å². The lowest BCUT2D eigenvalue weighted by molar-refractivity contribution is 0.628. The summed E-state index contributed by atoms with van der Waals surface area (Å²) in [5, 5.41) is 11.7. The standard InChI is InChI=1S/C7H15N5S/c1-3-6(8)4-13-5-7-9-11-12(2)10-7/h6H,3-5,8H2,1-2H3. The molecule has 0 bridgehead atoms. The molecule has 0 aliphatic carbocycles. The Morgan fingerprint density at radius 3 is 2.92 bits per heavy atom. The number of aryl methyl sites for hydroxylation is 1. The number of rotatable bonds is 5. The summed E-state index contributed by atoms with van der Waals surface area (Å²) < 4.78 is 0. The maximum atomic E-state index is 5.76. The fourth-order valence-corrected chi connectivity index (χ4v) is 1.75. The summed E-state index contributed by atoms with van der Waals surface area (Å²) in [7, 11) is 1.76. The summed E-state index contributed by atoms with van der Waals surface area (Å²) in [4.78, 5) is 1.47. The molecule has 2 N–H and O–H groups in total. The van der Waals surface area contributed by atoms with E-state index in [4.69, 9.17) is 5.73 Å². The quantitative estimate of drug-likeness (QED) is 0.736. The minimum atomic E-state index is 0.279. The van der Waals surface area contributed by atoms with Gasteiger partial charge in [-0.3, -0.25) is 0 Å². The number of nitrogens with zero attached hydrogens (tertiary/aromatic N) is 4. The first-order valence-electron chi connectivity index (χ1n) is 4.28. The average molecular weight is 201 g/mol. The van der Waals surface area contributed by atoms with Crippen LogP contribution in [0.1, 0.15) is 19.2 Å². The molecule has 1 aromatic rings. The van der Waals surface area contributed by atoms with Gasteiger partial charge < -0.3 is 5.73 Å². The lowest BCUT2D eigenvalue weighted by Crippen LogP contribution is -2.21. The highest BCUT2D eigenvalue weighted by molar-refractivity contribution is 7.98. The first kappa shape index (κ1) is 10.5. The third-order valence-electron chi connectivity index (χ3n) is 1.64. The Balaban J connectivity index is 2.20. The van der Waals surface area contributed by atoms with E-state index >= 15 is 0 Å². The van der Waals surface area contributed by atoms with Crippen LogP contribution in [0.4, 0.5) is 0 Å².